The number of rotatable bonds is 7. The van der Waals surface area contributed by atoms with Crippen LogP contribution in [-0.2, 0) is 11.3 Å². The minimum absolute atomic E-state index is 0.196. The van der Waals surface area contributed by atoms with E-state index in [0.717, 1.165) is 47.6 Å². The number of nitrogens with one attached hydrogen (secondary N) is 3. The summed E-state index contributed by atoms with van der Waals surface area (Å²) in [6, 6.07) is 5.40. The number of quaternary nitrogens is 1. The molecule has 1 aliphatic rings. The summed E-state index contributed by atoms with van der Waals surface area (Å²) in [5.41, 5.74) is 0.976. The van der Waals surface area contributed by atoms with Crippen LogP contribution < -0.4 is 25.0 Å². The maximum absolute atomic E-state index is 12.0. The molecule has 0 bridgehead atoms. The highest BCUT2D eigenvalue weighted by atomic mass is 16.5. The predicted molar refractivity (Wildman–Crippen MR) is 93.9 cm³/mol. The van der Waals surface area contributed by atoms with Gasteiger partial charge in [-0.1, -0.05) is 12.8 Å². The van der Waals surface area contributed by atoms with Crippen LogP contribution >= 0.6 is 0 Å². The third-order valence-electron chi connectivity index (χ3n) is 4.39. The smallest absolute Gasteiger partial charge is 0.321 e. The van der Waals surface area contributed by atoms with Crippen molar-refractivity contribution in [2.45, 2.75) is 38.3 Å². The number of ether oxygens (including phenoxy) is 2. The molecule has 0 saturated heterocycles. The maximum atomic E-state index is 12.0. The molecular formula is C18H28N3O4+. The lowest BCUT2D eigenvalue weighted by molar-refractivity contribution is -0.885. The topological polar surface area (TPSA) is 81.1 Å². The fourth-order valence-electron chi connectivity index (χ4n) is 3.12. The number of likely N-dealkylation sites (N-methyl/N-ethyl adjacent to an activating group) is 1. The number of hydrogen-bond donors (Lipinski definition) is 3. The number of benzene rings is 1. The van der Waals surface area contributed by atoms with Gasteiger partial charge in [-0.25, -0.2) is 4.79 Å². The molecule has 1 atom stereocenters. The van der Waals surface area contributed by atoms with Crippen molar-refractivity contribution in [3.63, 3.8) is 0 Å². The summed E-state index contributed by atoms with van der Waals surface area (Å²) in [7, 11) is 5.11. The van der Waals surface area contributed by atoms with Crippen molar-refractivity contribution in [3.05, 3.63) is 23.8 Å². The van der Waals surface area contributed by atoms with Crippen LogP contribution in [0, 0.1) is 0 Å². The number of amides is 3. The summed E-state index contributed by atoms with van der Waals surface area (Å²) >= 11 is 0. The summed E-state index contributed by atoms with van der Waals surface area (Å²) in [6.07, 6.45) is 4.25. The number of carbonyl (C=O) groups excluding carboxylic acids is 2. The Morgan fingerprint density at radius 2 is 1.92 bits per heavy atom. The van der Waals surface area contributed by atoms with E-state index in [2.05, 4.69) is 10.6 Å². The second-order valence-corrected chi connectivity index (χ2v) is 6.49. The average molecular weight is 350 g/mol. The van der Waals surface area contributed by atoms with Gasteiger partial charge in [-0.2, -0.15) is 0 Å². The molecule has 0 heterocycles. The van der Waals surface area contributed by atoms with Gasteiger partial charge in [0.2, 0.25) is 0 Å². The molecule has 7 nitrogen and oxygen atoms in total. The molecule has 3 N–H and O–H groups in total. The van der Waals surface area contributed by atoms with Crippen LogP contribution in [0.1, 0.15) is 31.2 Å². The van der Waals surface area contributed by atoms with Crippen LogP contribution in [0.2, 0.25) is 0 Å². The molecule has 1 fully saturated rings. The van der Waals surface area contributed by atoms with E-state index >= 15 is 0 Å². The average Bonchev–Trinajstić information content (AvgIpc) is 3.07. The van der Waals surface area contributed by atoms with Crippen LogP contribution in [0.4, 0.5) is 4.79 Å². The van der Waals surface area contributed by atoms with E-state index in [1.54, 1.807) is 14.2 Å². The standard InChI is InChI=1S/C18H27N3O4/c1-21(11-13-8-9-15(24-2)10-16(13)25-3)12-17(22)20-18(23)19-14-6-4-5-7-14/h8-10,14H,4-7,11-12H2,1-3H3,(H2,19,20,22,23)/p+1. The highest BCUT2D eigenvalue weighted by molar-refractivity contribution is 5.94. The Morgan fingerprint density at radius 3 is 2.56 bits per heavy atom. The number of imide groups is 1. The summed E-state index contributed by atoms with van der Waals surface area (Å²) in [5.74, 6) is 1.15. The summed E-state index contributed by atoms with van der Waals surface area (Å²) in [4.78, 5) is 24.8. The molecule has 0 aromatic heterocycles. The molecule has 0 radical (unpaired) electrons. The lowest BCUT2D eigenvalue weighted by atomic mass is 10.2. The first-order valence-electron chi connectivity index (χ1n) is 8.64. The Balaban J connectivity index is 1.81. The van der Waals surface area contributed by atoms with E-state index in [9.17, 15) is 9.59 Å². The summed E-state index contributed by atoms with van der Waals surface area (Å²) in [5, 5.41) is 5.26. The summed E-state index contributed by atoms with van der Waals surface area (Å²) in [6.45, 7) is 0.804. The monoisotopic (exact) mass is 350 g/mol. The lowest BCUT2D eigenvalue weighted by Crippen LogP contribution is -3.09. The van der Waals surface area contributed by atoms with Crippen LogP contribution in [0.5, 0.6) is 11.5 Å². The number of methoxy groups -OCH3 is 2. The molecule has 25 heavy (non-hydrogen) atoms. The molecule has 0 spiro atoms. The van der Waals surface area contributed by atoms with Crippen molar-refractivity contribution in [2.24, 2.45) is 0 Å². The Labute approximate surface area is 148 Å². The van der Waals surface area contributed by atoms with E-state index in [1.807, 2.05) is 25.2 Å². The fourth-order valence-corrected chi connectivity index (χ4v) is 3.12. The van der Waals surface area contributed by atoms with Crippen molar-refractivity contribution < 1.29 is 24.0 Å². The third kappa shape index (κ3) is 5.94. The van der Waals surface area contributed by atoms with Gasteiger partial charge in [-0.05, 0) is 25.0 Å². The Bertz CT molecular complexity index is 600. The van der Waals surface area contributed by atoms with Crippen molar-refractivity contribution in [2.75, 3.05) is 27.8 Å². The molecule has 2 rings (SSSR count). The Hall–Kier alpha value is -2.28. The third-order valence-corrected chi connectivity index (χ3v) is 4.39. The molecular weight excluding hydrogens is 322 g/mol. The zero-order valence-corrected chi connectivity index (χ0v) is 15.2. The highest BCUT2D eigenvalue weighted by Crippen LogP contribution is 2.23. The molecule has 3 amide bonds. The lowest BCUT2D eigenvalue weighted by Gasteiger charge is -2.17. The minimum Gasteiger partial charge on any atom is -0.497 e. The molecule has 7 heteroatoms. The van der Waals surface area contributed by atoms with E-state index in [1.165, 1.54) is 0 Å². The predicted octanol–water partition coefficient (Wildman–Crippen LogP) is 0.487. The van der Waals surface area contributed by atoms with E-state index in [4.69, 9.17) is 9.47 Å². The normalized spacial score (nSPS) is 15.5. The first-order valence-corrected chi connectivity index (χ1v) is 8.64. The zero-order valence-electron chi connectivity index (χ0n) is 15.2. The van der Waals surface area contributed by atoms with Crippen LogP contribution in [0.15, 0.2) is 18.2 Å². The largest absolute Gasteiger partial charge is 0.497 e. The fraction of sp³-hybridized carbons (Fsp3) is 0.556. The quantitative estimate of drug-likeness (QED) is 0.668. The van der Waals surface area contributed by atoms with E-state index in [0.29, 0.717) is 6.54 Å². The molecule has 1 unspecified atom stereocenters. The van der Waals surface area contributed by atoms with Gasteiger partial charge in [0.25, 0.3) is 5.91 Å². The van der Waals surface area contributed by atoms with Crippen molar-refractivity contribution in [1.29, 1.82) is 0 Å². The second-order valence-electron chi connectivity index (χ2n) is 6.49. The van der Waals surface area contributed by atoms with Gasteiger partial charge >= 0.3 is 6.03 Å². The van der Waals surface area contributed by atoms with Gasteiger partial charge in [0.1, 0.15) is 18.0 Å². The van der Waals surface area contributed by atoms with Gasteiger partial charge < -0.3 is 19.7 Å². The van der Waals surface area contributed by atoms with Crippen LogP contribution in [0.3, 0.4) is 0 Å². The van der Waals surface area contributed by atoms with Crippen LogP contribution in [-0.4, -0.2) is 45.8 Å². The molecule has 1 aromatic rings. The van der Waals surface area contributed by atoms with Gasteiger partial charge in [-0.3, -0.25) is 10.1 Å². The second kappa shape index (κ2) is 9.27. The molecule has 0 aliphatic heterocycles. The van der Waals surface area contributed by atoms with E-state index < -0.39 is 6.03 Å². The first-order chi connectivity index (χ1) is 12.0. The first kappa shape index (κ1) is 19.1. The number of carbonyl (C=O) groups is 2. The van der Waals surface area contributed by atoms with Crippen LogP contribution in [0.25, 0.3) is 0 Å². The molecule has 138 valence electrons. The number of hydrogen-bond acceptors (Lipinski definition) is 4. The van der Waals surface area contributed by atoms with Gasteiger partial charge in [0.05, 0.1) is 21.3 Å². The highest BCUT2D eigenvalue weighted by Gasteiger charge is 2.20. The van der Waals surface area contributed by atoms with Gasteiger partial charge in [-0.15, -0.1) is 0 Å². The number of urea groups is 1. The SMILES string of the molecule is COc1ccc(C[NH+](C)CC(=O)NC(=O)NC2CCCC2)c(OC)c1. The molecule has 1 aliphatic carbocycles. The summed E-state index contributed by atoms with van der Waals surface area (Å²) < 4.78 is 10.6. The van der Waals surface area contributed by atoms with E-state index in [-0.39, 0.29) is 18.5 Å². The Morgan fingerprint density at radius 1 is 1.20 bits per heavy atom. The van der Waals surface area contributed by atoms with Gasteiger partial charge in [0.15, 0.2) is 6.54 Å². The van der Waals surface area contributed by atoms with Gasteiger partial charge in [0, 0.05) is 17.7 Å². The molecule has 1 aromatic carbocycles. The Kier molecular flexibility index (Phi) is 7.06. The maximum Gasteiger partial charge on any atom is 0.321 e. The molecule has 1 saturated carbocycles. The minimum atomic E-state index is -0.397. The van der Waals surface area contributed by atoms with Crippen molar-refractivity contribution in [3.8, 4) is 11.5 Å². The van der Waals surface area contributed by atoms with Crippen molar-refractivity contribution in [1.82, 2.24) is 10.6 Å². The zero-order chi connectivity index (χ0) is 18.2. The van der Waals surface area contributed by atoms with Crippen molar-refractivity contribution >= 4 is 11.9 Å².